The highest BCUT2D eigenvalue weighted by molar-refractivity contribution is 7.98. The average Bonchev–Trinajstić information content (AvgIpc) is 3.19. The molecule has 0 saturated heterocycles. The highest BCUT2D eigenvalue weighted by Crippen LogP contribution is 2.19. The minimum atomic E-state index is -0.185. The number of thiazole rings is 1. The summed E-state index contributed by atoms with van der Waals surface area (Å²) in [6.45, 7) is 0.410. The normalized spacial score (nSPS) is 10.8. The van der Waals surface area contributed by atoms with Gasteiger partial charge in [0.25, 0.3) is 0 Å². The number of hydrogen-bond donors (Lipinski definition) is 1. The Morgan fingerprint density at radius 3 is 2.85 bits per heavy atom. The molecule has 1 amide bonds. The van der Waals surface area contributed by atoms with E-state index in [1.54, 1.807) is 29.4 Å². The van der Waals surface area contributed by atoms with Crippen LogP contribution in [0.25, 0.3) is 6.08 Å². The van der Waals surface area contributed by atoms with E-state index in [1.165, 1.54) is 22.3 Å². The zero-order chi connectivity index (χ0) is 18.2. The van der Waals surface area contributed by atoms with Gasteiger partial charge in [-0.15, -0.1) is 23.1 Å². The summed E-state index contributed by atoms with van der Waals surface area (Å²) in [4.78, 5) is 17.5. The van der Waals surface area contributed by atoms with E-state index in [9.17, 15) is 4.79 Å². The van der Waals surface area contributed by atoms with Gasteiger partial charge in [-0.1, -0.05) is 18.2 Å². The Balaban J connectivity index is 1.56. The van der Waals surface area contributed by atoms with Crippen molar-refractivity contribution in [2.24, 2.45) is 0 Å². The predicted octanol–water partition coefficient (Wildman–Crippen LogP) is 5.10. The van der Waals surface area contributed by atoms with Gasteiger partial charge in [-0.2, -0.15) is 0 Å². The lowest BCUT2D eigenvalue weighted by atomic mass is 10.2. The Hall–Kier alpha value is -2.57. The van der Waals surface area contributed by atoms with Crippen molar-refractivity contribution < 1.29 is 9.53 Å². The van der Waals surface area contributed by atoms with Gasteiger partial charge < -0.3 is 10.1 Å². The summed E-state index contributed by atoms with van der Waals surface area (Å²) in [5.41, 5.74) is 4.34. The molecule has 3 rings (SSSR count). The lowest BCUT2D eigenvalue weighted by molar-refractivity contribution is -0.111. The number of hydrogen-bond acceptors (Lipinski definition) is 5. The fraction of sp³-hybridized carbons (Fsp3) is 0.100. The van der Waals surface area contributed by atoms with Crippen LogP contribution >= 0.6 is 23.1 Å². The quantitative estimate of drug-likeness (QED) is 0.456. The maximum absolute atomic E-state index is 12.1. The van der Waals surface area contributed by atoms with E-state index < -0.39 is 0 Å². The maximum Gasteiger partial charge on any atom is 0.248 e. The molecule has 6 heteroatoms. The summed E-state index contributed by atoms with van der Waals surface area (Å²) >= 11 is 3.22. The first kappa shape index (κ1) is 18.2. The number of aromatic nitrogens is 1. The van der Waals surface area contributed by atoms with Gasteiger partial charge in [-0.25, -0.2) is 4.98 Å². The van der Waals surface area contributed by atoms with Crippen molar-refractivity contribution in [3.05, 3.63) is 76.8 Å². The third kappa shape index (κ3) is 5.47. The first-order valence-electron chi connectivity index (χ1n) is 7.96. The standard InChI is InChI=1S/C20H18N2O2S2/c1-25-19-8-5-15(6-9-19)7-10-20(23)22-16-3-2-4-18(11-16)24-12-17-13-26-14-21-17/h2-11,13-14H,12H2,1H3,(H,22,23)/b10-7+. The van der Waals surface area contributed by atoms with Crippen LogP contribution in [-0.4, -0.2) is 17.1 Å². The molecule has 26 heavy (non-hydrogen) atoms. The molecule has 0 radical (unpaired) electrons. The van der Waals surface area contributed by atoms with Gasteiger partial charge in [0.15, 0.2) is 0 Å². The number of rotatable bonds is 7. The molecule has 0 atom stereocenters. The van der Waals surface area contributed by atoms with Gasteiger partial charge >= 0.3 is 0 Å². The number of carbonyl (C=O) groups is 1. The largest absolute Gasteiger partial charge is 0.487 e. The van der Waals surface area contributed by atoms with E-state index in [1.807, 2.05) is 54.1 Å². The van der Waals surface area contributed by atoms with Crippen molar-refractivity contribution in [3.63, 3.8) is 0 Å². The zero-order valence-corrected chi connectivity index (χ0v) is 15.8. The predicted molar refractivity (Wildman–Crippen MR) is 109 cm³/mol. The van der Waals surface area contributed by atoms with Crippen LogP contribution in [0.4, 0.5) is 5.69 Å². The number of anilines is 1. The number of amides is 1. The summed E-state index contributed by atoms with van der Waals surface area (Å²) in [5.74, 6) is 0.503. The monoisotopic (exact) mass is 382 g/mol. The van der Waals surface area contributed by atoms with Gasteiger partial charge in [-0.05, 0) is 42.2 Å². The molecule has 132 valence electrons. The summed E-state index contributed by atoms with van der Waals surface area (Å²) in [6, 6.07) is 15.4. The van der Waals surface area contributed by atoms with Gasteiger partial charge in [0.1, 0.15) is 12.4 Å². The van der Waals surface area contributed by atoms with E-state index in [4.69, 9.17) is 4.74 Å². The number of benzene rings is 2. The topological polar surface area (TPSA) is 51.2 Å². The molecule has 0 aliphatic carbocycles. The second kappa shape index (κ2) is 9.22. The molecular formula is C20H18N2O2S2. The SMILES string of the molecule is CSc1ccc(/C=C/C(=O)Nc2cccc(OCc3cscn3)c2)cc1. The molecule has 0 saturated carbocycles. The maximum atomic E-state index is 12.1. The van der Waals surface area contributed by atoms with Crippen LogP contribution in [0.2, 0.25) is 0 Å². The molecule has 3 aromatic rings. The summed E-state index contributed by atoms with van der Waals surface area (Å²) < 4.78 is 5.70. The van der Waals surface area contributed by atoms with Gasteiger partial charge in [0.2, 0.25) is 5.91 Å². The van der Waals surface area contributed by atoms with E-state index >= 15 is 0 Å². The van der Waals surface area contributed by atoms with Crippen molar-refractivity contribution in [2.45, 2.75) is 11.5 Å². The van der Waals surface area contributed by atoms with Gasteiger partial charge in [0, 0.05) is 28.1 Å². The smallest absolute Gasteiger partial charge is 0.248 e. The van der Waals surface area contributed by atoms with Gasteiger partial charge in [-0.3, -0.25) is 4.79 Å². The van der Waals surface area contributed by atoms with Crippen LogP contribution in [0.3, 0.4) is 0 Å². The molecule has 0 aliphatic heterocycles. The zero-order valence-electron chi connectivity index (χ0n) is 14.2. The fourth-order valence-electron chi connectivity index (χ4n) is 2.20. The van der Waals surface area contributed by atoms with Crippen LogP contribution in [0.5, 0.6) is 5.75 Å². The molecule has 0 spiro atoms. The number of thioether (sulfide) groups is 1. The Kier molecular flexibility index (Phi) is 6.46. The van der Waals surface area contributed by atoms with Crippen molar-refractivity contribution in [1.82, 2.24) is 4.98 Å². The van der Waals surface area contributed by atoms with Crippen molar-refractivity contribution in [1.29, 1.82) is 0 Å². The minimum Gasteiger partial charge on any atom is -0.487 e. The van der Waals surface area contributed by atoms with Crippen LogP contribution in [0.15, 0.2) is 70.4 Å². The molecule has 4 nitrogen and oxygen atoms in total. The lowest BCUT2D eigenvalue weighted by Gasteiger charge is -2.07. The molecule has 1 N–H and O–H groups in total. The highest BCUT2D eigenvalue weighted by Gasteiger charge is 2.02. The Morgan fingerprint density at radius 1 is 1.27 bits per heavy atom. The van der Waals surface area contributed by atoms with Crippen molar-refractivity contribution >= 4 is 40.8 Å². The van der Waals surface area contributed by atoms with E-state index in [0.29, 0.717) is 18.0 Å². The first-order valence-corrected chi connectivity index (χ1v) is 10.1. The Morgan fingerprint density at radius 2 is 2.12 bits per heavy atom. The molecule has 0 bridgehead atoms. The van der Waals surface area contributed by atoms with Crippen LogP contribution in [-0.2, 0) is 11.4 Å². The number of ether oxygens (including phenoxy) is 1. The second-order valence-electron chi connectivity index (χ2n) is 5.39. The lowest BCUT2D eigenvalue weighted by Crippen LogP contribution is -2.07. The molecule has 0 aliphatic rings. The van der Waals surface area contributed by atoms with Crippen LogP contribution < -0.4 is 10.1 Å². The Bertz CT molecular complexity index is 875. The number of nitrogens with zero attached hydrogens (tertiary/aromatic N) is 1. The number of nitrogens with one attached hydrogen (secondary N) is 1. The molecule has 1 heterocycles. The summed E-state index contributed by atoms with van der Waals surface area (Å²) in [6.07, 6.45) is 5.35. The van der Waals surface area contributed by atoms with E-state index in [2.05, 4.69) is 10.3 Å². The molecule has 0 unspecified atom stereocenters. The van der Waals surface area contributed by atoms with Crippen LogP contribution in [0, 0.1) is 0 Å². The van der Waals surface area contributed by atoms with E-state index in [0.717, 1.165) is 11.3 Å². The molecule has 1 aromatic heterocycles. The fourth-order valence-corrected chi connectivity index (χ4v) is 3.15. The Labute approximate surface area is 160 Å². The third-order valence-corrected chi connectivity index (χ3v) is 4.89. The van der Waals surface area contributed by atoms with Crippen molar-refractivity contribution in [2.75, 3.05) is 11.6 Å². The number of carbonyl (C=O) groups excluding carboxylic acids is 1. The minimum absolute atomic E-state index is 0.185. The van der Waals surface area contributed by atoms with Crippen LogP contribution in [0.1, 0.15) is 11.3 Å². The molecular weight excluding hydrogens is 364 g/mol. The van der Waals surface area contributed by atoms with Gasteiger partial charge in [0.05, 0.1) is 11.2 Å². The highest BCUT2D eigenvalue weighted by atomic mass is 32.2. The summed E-state index contributed by atoms with van der Waals surface area (Å²) in [5, 5.41) is 4.79. The first-order chi connectivity index (χ1) is 12.7. The van der Waals surface area contributed by atoms with Crippen molar-refractivity contribution in [3.8, 4) is 5.75 Å². The molecule has 2 aromatic carbocycles. The average molecular weight is 383 g/mol. The van der Waals surface area contributed by atoms with E-state index in [-0.39, 0.29) is 5.91 Å². The second-order valence-corrected chi connectivity index (χ2v) is 6.99. The molecule has 0 fully saturated rings. The third-order valence-electron chi connectivity index (χ3n) is 3.51. The summed E-state index contributed by atoms with van der Waals surface area (Å²) in [7, 11) is 0.